The normalized spacial score (nSPS) is 11.3. The third-order valence-electron chi connectivity index (χ3n) is 4.88. The first-order valence-corrected chi connectivity index (χ1v) is 13.0. The van der Waals surface area contributed by atoms with Crippen LogP contribution >= 0.6 is 11.6 Å². The zero-order valence-electron chi connectivity index (χ0n) is 18.9. The molecule has 0 saturated carbocycles. The van der Waals surface area contributed by atoms with E-state index in [1.165, 1.54) is 12.3 Å². The number of fused-ring (bicyclic) bond motifs is 1. The Morgan fingerprint density at radius 3 is 2.62 bits per heavy atom. The summed E-state index contributed by atoms with van der Waals surface area (Å²) in [6, 6.07) is 13.0. The summed E-state index contributed by atoms with van der Waals surface area (Å²) in [5.41, 5.74) is 3.87. The van der Waals surface area contributed by atoms with Gasteiger partial charge in [0.2, 0.25) is 11.9 Å². The molecule has 2 heterocycles. The van der Waals surface area contributed by atoms with Crippen LogP contribution in [0, 0.1) is 6.92 Å². The van der Waals surface area contributed by atoms with E-state index < -0.39 is 9.73 Å². The van der Waals surface area contributed by atoms with Crippen LogP contribution in [-0.4, -0.2) is 37.2 Å². The fourth-order valence-electron chi connectivity index (χ4n) is 3.37. The fourth-order valence-corrected chi connectivity index (χ4v) is 4.18. The van der Waals surface area contributed by atoms with Gasteiger partial charge in [-0.05, 0) is 61.0 Å². The van der Waals surface area contributed by atoms with Crippen molar-refractivity contribution in [1.29, 1.82) is 0 Å². The minimum atomic E-state index is -2.23. The van der Waals surface area contributed by atoms with Crippen LogP contribution in [-0.2, 0) is 14.5 Å². The second kappa shape index (κ2) is 9.28. The highest BCUT2D eigenvalue weighted by Crippen LogP contribution is 2.29. The molecule has 0 aliphatic carbocycles. The molecule has 4 aromatic rings. The number of benzene rings is 2. The van der Waals surface area contributed by atoms with Gasteiger partial charge in [0.15, 0.2) is 5.82 Å². The minimum absolute atomic E-state index is 0.267. The van der Waals surface area contributed by atoms with E-state index >= 15 is 0 Å². The van der Waals surface area contributed by atoms with Crippen molar-refractivity contribution in [2.45, 2.75) is 6.92 Å². The lowest BCUT2D eigenvalue weighted by molar-refractivity contribution is -0.111. The molecular weight excluding hydrogens is 472 g/mol. The number of carbonyl (C=O) groups excluding carboxylic acids is 1. The molecule has 0 unspecified atom stereocenters. The number of carbonyl (C=O) groups is 1. The van der Waals surface area contributed by atoms with Crippen LogP contribution in [0.5, 0.6) is 0 Å². The highest BCUT2D eigenvalue weighted by atomic mass is 35.5. The summed E-state index contributed by atoms with van der Waals surface area (Å²) < 4.78 is 17.9. The molecule has 0 atom stereocenters. The molecular formula is C24H23ClN6O2S. The molecule has 2 aromatic heterocycles. The third-order valence-corrected chi connectivity index (χ3v) is 5.80. The number of hydrogen-bond acceptors (Lipinski definition) is 6. The number of aryl methyl sites for hydroxylation is 1. The Bertz CT molecular complexity index is 1530. The molecule has 1 amide bonds. The van der Waals surface area contributed by atoms with Crippen molar-refractivity contribution in [2.24, 2.45) is 4.36 Å². The number of nitrogens with zero attached hydrogens (tertiary/aromatic N) is 4. The summed E-state index contributed by atoms with van der Waals surface area (Å²) in [7, 11) is -2.23. The quantitative estimate of drug-likeness (QED) is 0.339. The van der Waals surface area contributed by atoms with Crippen LogP contribution in [0.15, 0.2) is 71.9 Å². The zero-order valence-corrected chi connectivity index (χ0v) is 20.4. The fraction of sp³-hybridized carbons (Fsp3) is 0.125. The Hall–Kier alpha value is -3.69. The van der Waals surface area contributed by atoms with E-state index in [4.69, 9.17) is 11.6 Å². The van der Waals surface area contributed by atoms with E-state index in [0.717, 1.165) is 22.2 Å². The van der Waals surface area contributed by atoms with Gasteiger partial charge in [-0.25, -0.2) is 9.19 Å². The molecule has 0 radical (unpaired) electrons. The largest absolute Gasteiger partial charge is 0.324 e. The molecule has 10 heteroatoms. The smallest absolute Gasteiger partial charge is 0.247 e. The Kier molecular flexibility index (Phi) is 6.41. The van der Waals surface area contributed by atoms with E-state index in [1.54, 1.807) is 24.6 Å². The lowest BCUT2D eigenvalue weighted by Crippen LogP contribution is -2.08. The first-order chi connectivity index (χ1) is 16.1. The Morgan fingerprint density at radius 1 is 1.21 bits per heavy atom. The van der Waals surface area contributed by atoms with Crippen molar-refractivity contribution in [1.82, 2.24) is 14.5 Å². The van der Waals surface area contributed by atoms with Crippen molar-refractivity contribution >= 4 is 61.2 Å². The maximum atomic E-state index is 11.9. The summed E-state index contributed by atoms with van der Waals surface area (Å²) in [5.74, 6) is 0.614. The molecule has 0 saturated heterocycles. The first-order valence-electron chi connectivity index (χ1n) is 10.3. The van der Waals surface area contributed by atoms with Gasteiger partial charge in [-0.15, -0.1) is 0 Å². The number of anilines is 3. The van der Waals surface area contributed by atoms with Gasteiger partial charge in [-0.2, -0.15) is 9.35 Å². The molecule has 2 aromatic carbocycles. The Labute approximate surface area is 202 Å². The van der Waals surface area contributed by atoms with E-state index in [0.29, 0.717) is 28.2 Å². The predicted molar refractivity (Wildman–Crippen MR) is 139 cm³/mol. The van der Waals surface area contributed by atoms with Gasteiger partial charge in [-0.1, -0.05) is 18.2 Å². The number of aromatic nitrogens is 3. The molecule has 0 bridgehead atoms. The summed E-state index contributed by atoms with van der Waals surface area (Å²) in [4.78, 5) is 20.6. The number of amides is 1. The maximum Gasteiger partial charge on any atom is 0.247 e. The standard InChI is InChI=1S/C24H23ClN6O2S/c1-5-22(32)28-20-13-16-10-11-31(21(16)12-15(20)2)23-19(25)14-26-24(29-23)27-17-6-8-18(9-7-17)30-34(3,4)33/h5-14H,1H2,2-4H3,(H,28,32)(H,26,27,29). The molecule has 4 rings (SSSR count). The first kappa shape index (κ1) is 23.5. The molecule has 2 N–H and O–H groups in total. The lowest BCUT2D eigenvalue weighted by atomic mass is 10.1. The van der Waals surface area contributed by atoms with Crippen LogP contribution in [0.2, 0.25) is 5.02 Å². The molecule has 174 valence electrons. The topological polar surface area (TPSA) is 101 Å². The minimum Gasteiger partial charge on any atom is -0.324 e. The van der Waals surface area contributed by atoms with Gasteiger partial charge in [0.1, 0.15) is 5.02 Å². The number of nitrogens with one attached hydrogen (secondary N) is 2. The van der Waals surface area contributed by atoms with Crippen molar-refractivity contribution in [2.75, 3.05) is 23.1 Å². The number of rotatable bonds is 6. The predicted octanol–water partition coefficient (Wildman–Crippen LogP) is 5.61. The van der Waals surface area contributed by atoms with Crippen molar-refractivity contribution in [3.05, 3.63) is 78.1 Å². The van der Waals surface area contributed by atoms with Crippen LogP contribution in [0.1, 0.15) is 5.56 Å². The van der Waals surface area contributed by atoms with E-state index in [9.17, 15) is 9.00 Å². The van der Waals surface area contributed by atoms with Gasteiger partial charge in [0.05, 0.1) is 17.4 Å². The van der Waals surface area contributed by atoms with Crippen molar-refractivity contribution in [3.8, 4) is 5.82 Å². The van der Waals surface area contributed by atoms with Crippen LogP contribution in [0.25, 0.3) is 16.7 Å². The highest BCUT2D eigenvalue weighted by molar-refractivity contribution is 7.92. The number of hydrogen-bond donors (Lipinski definition) is 2. The molecule has 0 aliphatic heterocycles. The van der Waals surface area contributed by atoms with Gasteiger partial charge < -0.3 is 10.6 Å². The summed E-state index contributed by atoms with van der Waals surface area (Å²) in [6.45, 7) is 5.40. The number of halogens is 1. The van der Waals surface area contributed by atoms with Crippen LogP contribution < -0.4 is 10.6 Å². The molecule has 0 aliphatic rings. The van der Waals surface area contributed by atoms with Gasteiger partial charge >= 0.3 is 0 Å². The average Bonchev–Trinajstić information content (AvgIpc) is 3.18. The van der Waals surface area contributed by atoms with E-state index in [1.807, 2.05) is 48.0 Å². The molecule has 0 spiro atoms. The summed E-state index contributed by atoms with van der Waals surface area (Å²) >= 11 is 6.45. The van der Waals surface area contributed by atoms with Crippen LogP contribution in [0.3, 0.4) is 0 Å². The second-order valence-electron chi connectivity index (χ2n) is 7.91. The second-order valence-corrected chi connectivity index (χ2v) is 10.9. The third kappa shape index (κ3) is 5.27. The summed E-state index contributed by atoms with van der Waals surface area (Å²) in [6.07, 6.45) is 7.82. The molecule has 0 fully saturated rings. The highest BCUT2D eigenvalue weighted by Gasteiger charge is 2.13. The summed E-state index contributed by atoms with van der Waals surface area (Å²) in [5, 5.41) is 7.27. The van der Waals surface area contributed by atoms with Gasteiger partial charge in [-0.3, -0.25) is 9.36 Å². The van der Waals surface area contributed by atoms with Crippen molar-refractivity contribution < 1.29 is 9.00 Å². The maximum absolute atomic E-state index is 11.9. The lowest BCUT2D eigenvalue weighted by Gasteiger charge is -2.12. The van der Waals surface area contributed by atoms with Crippen molar-refractivity contribution in [3.63, 3.8) is 0 Å². The molecule has 8 nitrogen and oxygen atoms in total. The van der Waals surface area contributed by atoms with Gasteiger partial charge in [0.25, 0.3) is 0 Å². The molecule has 34 heavy (non-hydrogen) atoms. The zero-order chi connectivity index (χ0) is 24.5. The average molecular weight is 495 g/mol. The van der Waals surface area contributed by atoms with Gasteiger partial charge in [0, 0.05) is 45.2 Å². The Morgan fingerprint density at radius 2 is 1.94 bits per heavy atom. The van der Waals surface area contributed by atoms with E-state index in [-0.39, 0.29) is 5.91 Å². The van der Waals surface area contributed by atoms with Crippen LogP contribution in [0.4, 0.5) is 23.0 Å². The van der Waals surface area contributed by atoms with E-state index in [2.05, 4.69) is 31.5 Å². The SMILES string of the molecule is C=CC(=O)Nc1cc2ccn(-c3nc(Nc4ccc(N=S(C)(C)=O)cc4)ncc3Cl)c2cc1C. The Balaban J connectivity index is 1.66. The monoisotopic (exact) mass is 494 g/mol.